The van der Waals surface area contributed by atoms with E-state index in [1.165, 1.54) is 19.2 Å². The van der Waals surface area contributed by atoms with E-state index in [1.54, 1.807) is 0 Å². The van der Waals surface area contributed by atoms with Crippen molar-refractivity contribution < 1.29 is 19.2 Å². The van der Waals surface area contributed by atoms with Crippen molar-refractivity contribution >= 4 is 27.6 Å². The maximum atomic E-state index is 11.4. The molecule has 0 saturated carbocycles. The third kappa shape index (κ3) is 2.30. The number of hydrogen-bond donors (Lipinski definition) is 0. The molecule has 1 aromatic rings. The van der Waals surface area contributed by atoms with Gasteiger partial charge >= 0.3 is 11.7 Å². The molecule has 1 rings (SSSR count). The number of carbonyl (C=O) groups excluding carboxylic acids is 1. The number of esters is 1. The van der Waals surface area contributed by atoms with Crippen molar-refractivity contribution in [3.05, 3.63) is 32.3 Å². The second kappa shape index (κ2) is 4.93. The van der Waals surface area contributed by atoms with E-state index < -0.39 is 16.6 Å². The van der Waals surface area contributed by atoms with Crippen LogP contribution in [0, 0.1) is 10.1 Å². The zero-order valence-corrected chi connectivity index (χ0v) is 10.1. The van der Waals surface area contributed by atoms with Gasteiger partial charge in [-0.15, -0.1) is 0 Å². The summed E-state index contributed by atoms with van der Waals surface area (Å²) in [5.41, 5.74) is -0.559. The van der Waals surface area contributed by atoms with Gasteiger partial charge in [-0.2, -0.15) is 0 Å². The number of nitrogens with zero attached hydrogens (tertiary/aromatic N) is 1. The highest BCUT2D eigenvalue weighted by Gasteiger charge is 2.27. The maximum Gasteiger partial charge on any atom is 0.345 e. The Hall–Kier alpha value is -1.63. The average molecular weight is 290 g/mol. The van der Waals surface area contributed by atoms with Gasteiger partial charge < -0.3 is 9.47 Å². The zero-order valence-electron chi connectivity index (χ0n) is 8.52. The van der Waals surface area contributed by atoms with Crippen LogP contribution in [0.4, 0.5) is 5.69 Å². The van der Waals surface area contributed by atoms with E-state index in [4.69, 9.17) is 4.74 Å². The summed E-state index contributed by atoms with van der Waals surface area (Å²) >= 11 is 3.12. The minimum absolute atomic E-state index is 0.000208. The second-order valence-corrected chi connectivity index (χ2v) is 3.67. The summed E-state index contributed by atoms with van der Waals surface area (Å²) in [5, 5.41) is 10.8. The Morgan fingerprint density at radius 2 is 2.06 bits per heavy atom. The monoisotopic (exact) mass is 289 g/mol. The minimum atomic E-state index is -0.786. The molecule has 86 valence electrons. The van der Waals surface area contributed by atoms with E-state index in [9.17, 15) is 14.9 Å². The number of nitro groups is 1. The highest BCUT2D eigenvalue weighted by atomic mass is 79.9. The molecule has 1 aromatic carbocycles. The van der Waals surface area contributed by atoms with Gasteiger partial charge in [-0.25, -0.2) is 4.79 Å². The molecule has 7 heteroatoms. The fourth-order valence-corrected chi connectivity index (χ4v) is 1.62. The minimum Gasteiger partial charge on any atom is -0.490 e. The predicted octanol–water partition coefficient (Wildman–Crippen LogP) is 2.15. The van der Waals surface area contributed by atoms with Gasteiger partial charge in [-0.1, -0.05) is 15.9 Å². The van der Waals surface area contributed by atoms with Crippen molar-refractivity contribution in [3.8, 4) is 5.75 Å². The fourth-order valence-electron chi connectivity index (χ4n) is 1.18. The molecule has 0 saturated heterocycles. The van der Waals surface area contributed by atoms with Crippen molar-refractivity contribution in [2.75, 3.05) is 14.2 Å². The molecule has 0 N–H and O–H groups in total. The molecule has 0 spiro atoms. The van der Waals surface area contributed by atoms with Gasteiger partial charge in [-0.3, -0.25) is 10.1 Å². The lowest BCUT2D eigenvalue weighted by atomic mass is 10.1. The smallest absolute Gasteiger partial charge is 0.345 e. The molecule has 6 nitrogen and oxygen atoms in total. The number of methoxy groups -OCH3 is 2. The van der Waals surface area contributed by atoms with Crippen molar-refractivity contribution in [3.63, 3.8) is 0 Å². The number of hydrogen-bond acceptors (Lipinski definition) is 5. The molecule has 0 aliphatic carbocycles. The molecule has 0 atom stereocenters. The van der Waals surface area contributed by atoms with E-state index in [0.717, 1.165) is 7.11 Å². The molecule has 0 amide bonds. The standard InChI is InChI=1S/C9H8BrNO5/c1-15-7-4-5(10)3-6(9(12)16-2)8(7)11(13)14/h3-4H,1-2H3. The summed E-state index contributed by atoms with van der Waals surface area (Å²) in [7, 11) is 2.44. The van der Waals surface area contributed by atoms with E-state index in [0.29, 0.717) is 4.47 Å². The van der Waals surface area contributed by atoms with Gasteiger partial charge in [0.15, 0.2) is 5.75 Å². The zero-order chi connectivity index (χ0) is 12.3. The Labute approximate surface area is 99.4 Å². The van der Waals surface area contributed by atoms with Crippen LogP contribution in [0.2, 0.25) is 0 Å². The summed E-state index contributed by atoms with van der Waals surface area (Å²) in [6.07, 6.45) is 0. The highest BCUT2D eigenvalue weighted by Crippen LogP contribution is 2.34. The predicted molar refractivity (Wildman–Crippen MR) is 58.7 cm³/mol. The number of carbonyl (C=O) groups is 1. The summed E-state index contributed by atoms with van der Waals surface area (Å²) in [5.74, 6) is -0.786. The number of ether oxygens (including phenoxy) is 2. The SMILES string of the molecule is COC(=O)c1cc(Br)cc(OC)c1[N+](=O)[O-]. The van der Waals surface area contributed by atoms with Crippen LogP contribution in [0.15, 0.2) is 16.6 Å². The highest BCUT2D eigenvalue weighted by molar-refractivity contribution is 9.10. The van der Waals surface area contributed by atoms with E-state index >= 15 is 0 Å². The topological polar surface area (TPSA) is 78.7 Å². The Balaban J connectivity index is 3.50. The van der Waals surface area contributed by atoms with Crippen LogP contribution in [-0.2, 0) is 4.74 Å². The van der Waals surface area contributed by atoms with Crippen molar-refractivity contribution in [2.45, 2.75) is 0 Å². The lowest BCUT2D eigenvalue weighted by molar-refractivity contribution is -0.386. The van der Waals surface area contributed by atoms with E-state index in [1.807, 2.05) is 0 Å². The van der Waals surface area contributed by atoms with Crippen LogP contribution in [0.5, 0.6) is 5.75 Å². The second-order valence-electron chi connectivity index (χ2n) is 2.75. The van der Waals surface area contributed by atoms with Gasteiger partial charge in [0, 0.05) is 10.5 Å². The third-order valence-electron chi connectivity index (χ3n) is 1.85. The first-order valence-electron chi connectivity index (χ1n) is 4.11. The van der Waals surface area contributed by atoms with Gasteiger partial charge in [0.05, 0.1) is 19.1 Å². The maximum absolute atomic E-state index is 11.4. The number of rotatable bonds is 3. The molecular weight excluding hydrogens is 282 g/mol. The van der Waals surface area contributed by atoms with Crippen molar-refractivity contribution in [1.29, 1.82) is 0 Å². The Kier molecular flexibility index (Phi) is 3.83. The molecule has 0 aliphatic rings. The van der Waals surface area contributed by atoms with Gasteiger partial charge in [0.1, 0.15) is 5.56 Å². The van der Waals surface area contributed by atoms with Gasteiger partial charge in [-0.05, 0) is 6.07 Å². The van der Waals surface area contributed by atoms with Crippen LogP contribution in [0.1, 0.15) is 10.4 Å². The van der Waals surface area contributed by atoms with Crippen LogP contribution in [0.3, 0.4) is 0 Å². The van der Waals surface area contributed by atoms with Crippen LogP contribution >= 0.6 is 15.9 Å². The molecule has 0 bridgehead atoms. The molecule has 0 radical (unpaired) electrons. The molecular formula is C9H8BrNO5. The third-order valence-corrected chi connectivity index (χ3v) is 2.31. The lowest BCUT2D eigenvalue weighted by Crippen LogP contribution is -2.07. The largest absolute Gasteiger partial charge is 0.490 e. The van der Waals surface area contributed by atoms with E-state index in [-0.39, 0.29) is 11.3 Å². The summed E-state index contributed by atoms with van der Waals surface area (Å²) in [6.45, 7) is 0. The number of benzene rings is 1. The molecule has 0 heterocycles. The van der Waals surface area contributed by atoms with Crippen molar-refractivity contribution in [1.82, 2.24) is 0 Å². The first-order chi connectivity index (χ1) is 7.51. The molecule has 16 heavy (non-hydrogen) atoms. The quantitative estimate of drug-likeness (QED) is 0.484. The van der Waals surface area contributed by atoms with Crippen LogP contribution in [0.25, 0.3) is 0 Å². The molecule has 0 aliphatic heterocycles. The fraction of sp³-hybridized carbons (Fsp3) is 0.222. The van der Waals surface area contributed by atoms with Gasteiger partial charge in [0.25, 0.3) is 0 Å². The van der Waals surface area contributed by atoms with Gasteiger partial charge in [0.2, 0.25) is 0 Å². The molecule has 0 aromatic heterocycles. The molecule has 0 fully saturated rings. The Bertz CT molecular complexity index is 446. The number of halogens is 1. The first-order valence-corrected chi connectivity index (χ1v) is 4.90. The number of nitro benzene ring substituents is 1. The van der Waals surface area contributed by atoms with Crippen molar-refractivity contribution in [2.24, 2.45) is 0 Å². The summed E-state index contributed by atoms with van der Waals surface area (Å²) in [4.78, 5) is 21.5. The first kappa shape index (κ1) is 12.4. The lowest BCUT2D eigenvalue weighted by Gasteiger charge is -2.06. The molecule has 0 unspecified atom stereocenters. The van der Waals surface area contributed by atoms with Crippen LogP contribution in [-0.4, -0.2) is 25.1 Å². The average Bonchev–Trinajstić information content (AvgIpc) is 2.26. The van der Waals surface area contributed by atoms with E-state index in [2.05, 4.69) is 20.7 Å². The summed E-state index contributed by atoms with van der Waals surface area (Å²) < 4.78 is 9.80. The summed E-state index contributed by atoms with van der Waals surface area (Å²) in [6, 6.07) is 2.72. The Morgan fingerprint density at radius 3 is 2.50 bits per heavy atom. The normalized spacial score (nSPS) is 9.69. The van der Waals surface area contributed by atoms with Crippen LogP contribution < -0.4 is 4.74 Å². The Morgan fingerprint density at radius 1 is 1.44 bits per heavy atom.